The standard InChI is InChI=1S/C25H31N5O3S/c1-18-7-6-8-20(15-18)26-25(28-23(32)19-10-14-34-17-19)27-21-9-2-3-13-30(24(21)33)16-22(31)29-11-4-5-12-29/h6-8,10,14-15,17,21H,2-5,9,11-13,16H2,1H3,(H2,26,27,28,32)/t21-/m0/s1. The maximum absolute atomic E-state index is 13.4. The molecule has 34 heavy (non-hydrogen) atoms. The Labute approximate surface area is 204 Å². The summed E-state index contributed by atoms with van der Waals surface area (Å²) in [6, 6.07) is 8.81. The lowest BCUT2D eigenvalue weighted by atomic mass is 10.1. The van der Waals surface area contributed by atoms with E-state index >= 15 is 0 Å². The fourth-order valence-electron chi connectivity index (χ4n) is 4.28. The van der Waals surface area contributed by atoms with Gasteiger partial charge in [-0.2, -0.15) is 11.3 Å². The smallest absolute Gasteiger partial charge is 0.258 e. The molecular weight excluding hydrogens is 450 g/mol. The number of amides is 3. The van der Waals surface area contributed by atoms with Gasteiger partial charge in [0.05, 0.1) is 12.1 Å². The predicted molar refractivity (Wildman–Crippen MR) is 134 cm³/mol. The molecule has 4 rings (SSSR count). The Hall–Kier alpha value is -3.20. The number of carbonyl (C=O) groups is 3. The van der Waals surface area contributed by atoms with E-state index in [1.165, 1.54) is 11.3 Å². The van der Waals surface area contributed by atoms with Crippen LogP contribution in [-0.4, -0.2) is 65.7 Å². The molecule has 1 atom stereocenters. The number of guanidine groups is 1. The van der Waals surface area contributed by atoms with Gasteiger partial charge in [-0.25, -0.2) is 4.99 Å². The Kier molecular flexibility index (Phi) is 7.95. The molecule has 3 amide bonds. The van der Waals surface area contributed by atoms with Crippen molar-refractivity contribution in [3.05, 3.63) is 52.2 Å². The first-order valence-electron chi connectivity index (χ1n) is 11.8. The molecule has 1 aromatic carbocycles. The van der Waals surface area contributed by atoms with E-state index in [-0.39, 0.29) is 30.2 Å². The van der Waals surface area contributed by atoms with Crippen LogP contribution >= 0.6 is 11.3 Å². The number of aliphatic imine (C=N–C) groups is 1. The molecule has 3 heterocycles. The molecule has 1 aromatic heterocycles. The van der Waals surface area contributed by atoms with Crippen LogP contribution < -0.4 is 10.6 Å². The van der Waals surface area contributed by atoms with Crippen molar-refractivity contribution in [3.63, 3.8) is 0 Å². The molecule has 0 radical (unpaired) electrons. The number of anilines is 1. The maximum Gasteiger partial charge on any atom is 0.258 e. The molecule has 2 aliphatic rings. The molecule has 0 unspecified atom stereocenters. The number of nitrogens with zero attached hydrogens (tertiary/aromatic N) is 3. The first kappa shape index (κ1) is 23.9. The van der Waals surface area contributed by atoms with Gasteiger partial charge in [-0.15, -0.1) is 0 Å². The summed E-state index contributed by atoms with van der Waals surface area (Å²) in [5.41, 5.74) is 2.37. The normalized spacial score (nSPS) is 19.1. The van der Waals surface area contributed by atoms with E-state index in [0.717, 1.165) is 50.0 Å². The molecule has 2 fully saturated rings. The second-order valence-corrected chi connectivity index (χ2v) is 9.58. The van der Waals surface area contributed by atoms with E-state index in [4.69, 9.17) is 0 Å². The Bertz CT molecular complexity index is 1050. The van der Waals surface area contributed by atoms with Crippen molar-refractivity contribution in [3.8, 4) is 0 Å². The number of hydrogen-bond acceptors (Lipinski definition) is 5. The average Bonchev–Trinajstić information content (AvgIpc) is 3.52. The van der Waals surface area contributed by atoms with E-state index in [9.17, 15) is 14.4 Å². The predicted octanol–water partition coefficient (Wildman–Crippen LogP) is 3.26. The van der Waals surface area contributed by atoms with Crippen LogP contribution in [-0.2, 0) is 9.59 Å². The summed E-state index contributed by atoms with van der Waals surface area (Å²) in [5, 5.41) is 9.62. The summed E-state index contributed by atoms with van der Waals surface area (Å²) in [5.74, 6) is -0.229. The maximum atomic E-state index is 13.4. The van der Waals surface area contributed by atoms with Gasteiger partial charge in [-0.3, -0.25) is 19.7 Å². The van der Waals surface area contributed by atoms with Crippen LogP contribution in [0, 0.1) is 6.92 Å². The second kappa shape index (κ2) is 11.3. The van der Waals surface area contributed by atoms with Crippen LogP contribution in [0.5, 0.6) is 0 Å². The van der Waals surface area contributed by atoms with Gasteiger partial charge < -0.3 is 15.1 Å². The fraction of sp³-hybridized carbons (Fsp3) is 0.440. The van der Waals surface area contributed by atoms with Gasteiger partial charge in [0.1, 0.15) is 6.04 Å². The first-order valence-corrected chi connectivity index (χ1v) is 12.8. The second-order valence-electron chi connectivity index (χ2n) is 8.80. The van der Waals surface area contributed by atoms with Crippen LogP contribution in [0.15, 0.2) is 46.1 Å². The molecule has 9 heteroatoms. The molecule has 2 N–H and O–H groups in total. The molecule has 0 bridgehead atoms. The number of likely N-dealkylation sites (tertiary alicyclic amines) is 2. The average molecular weight is 482 g/mol. The van der Waals surface area contributed by atoms with Crippen molar-refractivity contribution in [2.45, 2.75) is 45.1 Å². The molecule has 0 saturated carbocycles. The third-order valence-electron chi connectivity index (χ3n) is 6.12. The highest BCUT2D eigenvalue weighted by molar-refractivity contribution is 7.08. The highest BCUT2D eigenvalue weighted by Gasteiger charge is 2.30. The Morgan fingerprint density at radius 1 is 1.12 bits per heavy atom. The number of hydrogen-bond donors (Lipinski definition) is 2. The zero-order valence-electron chi connectivity index (χ0n) is 19.5. The van der Waals surface area contributed by atoms with Crippen LogP contribution in [0.1, 0.15) is 48.0 Å². The Morgan fingerprint density at radius 2 is 1.91 bits per heavy atom. The number of aryl methyl sites for hydroxylation is 1. The topological polar surface area (TPSA) is 94.1 Å². The Morgan fingerprint density at radius 3 is 2.65 bits per heavy atom. The molecule has 180 valence electrons. The van der Waals surface area contributed by atoms with Gasteiger partial charge in [-0.1, -0.05) is 12.1 Å². The van der Waals surface area contributed by atoms with Crippen LogP contribution in [0.3, 0.4) is 0 Å². The number of benzene rings is 1. The molecule has 2 aliphatic heterocycles. The molecular formula is C25H31N5O3S. The monoisotopic (exact) mass is 481 g/mol. The lowest BCUT2D eigenvalue weighted by Crippen LogP contribution is -2.45. The van der Waals surface area contributed by atoms with E-state index < -0.39 is 6.04 Å². The van der Waals surface area contributed by atoms with Crippen molar-refractivity contribution in [2.75, 3.05) is 31.5 Å². The van der Waals surface area contributed by atoms with Crippen molar-refractivity contribution in [2.24, 2.45) is 4.99 Å². The number of thiophene rings is 1. The quantitative estimate of drug-likeness (QED) is 0.506. The summed E-state index contributed by atoms with van der Waals surface area (Å²) < 4.78 is 0. The number of carbonyl (C=O) groups excluding carboxylic acids is 3. The van der Waals surface area contributed by atoms with Crippen LogP contribution in [0.4, 0.5) is 5.69 Å². The summed E-state index contributed by atoms with van der Waals surface area (Å²) in [4.78, 5) is 46.9. The van der Waals surface area contributed by atoms with Crippen molar-refractivity contribution in [1.29, 1.82) is 0 Å². The first-order chi connectivity index (χ1) is 16.5. The van der Waals surface area contributed by atoms with Gasteiger partial charge in [0.2, 0.25) is 17.8 Å². The minimum absolute atomic E-state index is 0.000602. The third-order valence-corrected chi connectivity index (χ3v) is 6.80. The van der Waals surface area contributed by atoms with Gasteiger partial charge >= 0.3 is 0 Å². The minimum Gasteiger partial charge on any atom is -0.341 e. The van der Waals surface area contributed by atoms with E-state index in [1.54, 1.807) is 16.3 Å². The largest absolute Gasteiger partial charge is 0.341 e. The summed E-state index contributed by atoms with van der Waals surface area (Å²) in [6.07, 6.45) is 4.26. The third kappa shape index (κ3) is 6.22. The van der Waals surface area contributed by atoms with E-state index in [2.05, 4.69) is 15.6 Å². The SMILES string of the molecule is Cc1cccc(NC(=N[C@H]2CCCCN(CC(=O)N3CCCC3)C2=O)NC(=O)c2ccsc2)c1. The van der Waals surface area contributed by atoms with Crippen molar-refractivity contribution in [1.82, 2.24) is 15.1 Å². The summed E-state index contributed by atoms with van der Waals surface area (Å²) >= 11 is 1.44. The van der Waals surface area contributed by atoms with Crippen molar-refractivity contribution < 1.29 is 14.4 Å². The van der Waals surface area contributed by atoms with Gasteiger partial charge in [-0.05, 0) is 68.2 Å². The van der Waals surface area contributed by atoms with Crippen molar-refractivity contribution >= 4 is 40.7 Å². The molecule has 2 aromatic rings. The minimum atomic E-state index is -0.663. The zero-order chi connectivity index (χ0) is 23.9. The number of nitrogens with one attached hydrogen (secondary N) is 2. The fourth-order valence-corrected chi connectivity index (χ4v) is 4.91. The molecule has 0 aliphatic carbocycles. The van der Waals surface area contributed by atoms with Gasteiger partial charge in [0, 0.05) is 30.7 Å². The van der Waals surface area contributed by atoms with Crippen LogP contribution in [0.2, 0.25) is 0 Å². The number of rotatable bonds is 5. The molecule has 0 spiro atoms. The highest BCUT2D eigenvalue weighted by atomic mass is 32.1. The lowest BCUT2D eigenvalue weighted by molar-refractivity contribution is -0.140. The summed E-state index contributed by atoms with van der Waals surface area (Å²) in [6.45, 7) is 4.15. The zero-order valence-corrected chi connectivity index (χ0v) is 20.3. The van der Waals surface area contributed by atoms with E-state index in [1.807, 2.05) is 41.5 Å². The Balaban J connectivity index is 1.53. The van der Waals surface area contributed by atoms with Gasteiger partial charge in [0.25, 0.3) is 5.91 Å². The highest BCUT2D eigenvalue weighted by Crippen LogP contribution is 2.18. The lowest BCUT2D eigenvalue weighted by Gasteiger charge is -2.25. The van der Waals surface area contributed by atoms with Crippen LogP contribution in [0.25, 0.3) is 0 Å². The molecule has 2 saturated heterocycles. The van der Waals surface area contributed by atoms with Gasteiger partial charge in [0.15, 0.2) is 0 Å². The van der Waals surface area contributed by atoms with E-state index in [0.29, 0.717) is 18.5 Å². The summed E-state index contributed by atoms with van der Waals surface area (Å²) in [7, 11) is 0. The molecule has 8 nitrogen and oxygen atoms in total.